The van der Waals surface area contributed by atoms with Crippen molar-refractivity contribution in [3.63, 3.8) is 0 Å². The van der Waals surface area contributed by atoms with E-state index in [1.807, 2.05) is 0 Å². The second kappa shape index (κ2) is 7.97. The minimum absolute atomic E-state index is 0.108. The smallest absolute Gasteiger partial charge is 0.0577 e. The first-order valence-corrected chi connectivity index (χ1v) is 12.7. The number of rotatable bonds is 5. The van der Waals surface area contributed by atoms with Gasteiger partial charge < -0.3 is 10.2 Å². The van der Waals surface area contributed by atoms with Crippen molar-refractivity contribution < 1.29 is 10.2 Å². The fourth-order valence-electron chi connectivity index (χ4n) is 8.58. The minimum atomic E-state index is -0.133. The zero-order valence-electron chi connectivity index (χ0n) is 19.7. The van der Waals surface area contributed by atoms with Crippen molar-refractivity contribution >= 4 is 0 Å². The standard InChI is InChI=1S/C27H46O2/c1-17(2)6-11-25(29)18(3)22-9-10-23-21-8-7-19-16-20(28)12-14-26(19,4)24(21)13-15-27(22,23)5/h7,17-18,20-25,28-29H,6,8-16H2,1-5H3/t18-,20-,21-,22+,23-,24-,25?,26-,27+/m1/s1. The Morgan fingerprint density at radius 3 is 2.48 bits per heavy atom. The Hall–Kier alpha value is -0.340. The zero-order chi connectivity index (χ0) is 21.0. The lowest BCUT2D eigenvalue weighted by atomic mass is 9.47. The second-order valence-electron chi connectivity index (χ2n) is 12.3. The van der Waals surface area contributed by atoms with Crippen molar-refractivity contribution in [1.29, 1.82) is 0 Å². The molecule has 0 amide bonds. The molecule has 9 atom stereocenters. The van der Waals surface area contributed by atoms with Crippen molar-refractivity contribution in [2.24, 2.45) is 46.3 Å². The Morgan fingerprint density at radius 1 is 1.00 bits per heavy atom. The molecule has 0 radical (unpaired) electrons. The maximum Gasteiger partial charge on any atom is 0.0577 e. The molecule has 0 saturated heterocycles. The molecule has 2 nitrogen and oxygen atoms in total. The lowest BCUT2D eigenvalue weighted by Gasteiger charge is -2.58. The van der Waals surface area contributed by atoms with E-state index in [-0.39, 0.29) is 12.2 Å². The minimum Gasteiger partial charge on any atom is -0.393 e. The van der Waals surface area contributed by atoms with Gasteiger partial charge in [-0.2, -0.15) is 0 Å². The SMILES string of the molecule is CC(C)CCC(O)[C@H](C)[C@@H]1CC[C@@H]2[C@H]3CC=C4C[C@H](O)CC[C@@]4(C)[C@@H]3CC[C@]21C. The summed E-state index contributed by atoms with van der Waals surface area (Å²) in [6.07, 6.45) is 14.1. The summed E-state index contributed by atoms with van der Waals surface area (Å²) >= 11 is 0. The molecule has 4 aliphatic carbocycles. The monoisotopic (exact) mass is 402 g/mol. The normalized spacial score (nSPS) is 46.5. The number of hydrogen-bond acceptors (Lipinski definition) is 2. The van der Waals surface area contributed by atoms with Crippen LogP contribution in [0, 0.1) is 46.3 Å². The Balaban J connectivity index is 1.51. The van der Waals surface area contributed by atoms with E-state index in [1.54, 1.807) is 5.57 Å². The van der Waals surface area contributed by atoms with Crippen molar-refractivity contribution in [3.05, 3.63) is 11.6 Å². The highest BCUT2D eigenvalue weighted by atomic mass is 16.3. The molecule has 0 spiro atoms. The quantitative estimate of drug-likeness (QED) is 0.525. The van der Waals surface area contributed by atoms with Gasteiger partial charge in [0.05, 0.1) is 12.2 Å². The number of aliphatic hydroxyl groups is 2. The van der Waals surface area contributed by atoms with Crippen LogP contribution in [0.1, 0.15) is 98.8 Å². The molecule has 1 unspecified atom stereocenters. The van der Waals surface area contributed by atoms with Crippen LogP contribution in [0.4, 0.5) is 0 Å². The number of aliphatic hydroxyl groups excluding tert-OH is 2. The van der Waals surface area contributed by atoms with Crippen LogP contribution < -0.4 is 0 Å². The van der Waals surface area contributed by atoms with Crippen molar-refractivity contribution in [3.8, 4) is 0 Å². The van der Waals surface area contributed by atoms with Gasteiger partial charge in [-0.25, -0.2) is 0 Å². The van der Waals surface area contributed by atoms with Gasteiger partial charge in [0.1, 0.15) is 0 Å². The fourth-order valence-corrected chi connectivity index (χ4v) is 8.58. The predicted molar refractivity (Wildman–Crippen MR) is 120 cm³/mol. The van der Waals surface area contributed by atoms with Crippen molar-refractivity contribution in [2.45, 2.75) is 111 Å². The number of hydrogen-bond donors (Lipinski definition) is 2. The molecular weight excluding hydrogens is 356 g/mol. The molecule has 3 saturated carbocycles. The largest absolute Gasteiger partial charge is 0.393 e. The Morgan fingerprint density at radius 2 is 1.76 bits per heavy atom. The van der Waals surface area contributed by atoms with Crippen molar-refractivity contribution in [1.82, 2.24) is 0 Å². The fraction of sp³-hybridized carbons (Fsp3) is 0.926. The van der Waals surface area contributed by atoms with Crippen LogP contribution in [0.3, 0.4) is 0 Å². The number of fused-ring (bicyclic) bond motifs is 5. The summed E-state index contributed by atoms with van der Waals surface area (Å²) in [5.74, 6) is 4.25. The van der Waals surface area contributed by atoms with E-state index in [9.17, 15) is 10.2 Å². The van der Waals surface area contributed by atoms with Crippen molar-refractivity contribution in [2.75, 3.05) is 0 Å². The van der Waals surface area contributed by atoms with Gasteiger partial charge in [0.2, 0.25) is 0 Å². The molecule has 166 valence electrons. The van der Waals surface area contributed by atoms with Gasteiger partial charge in [0.25, 0.3) is 0 Å². The van der Waals surface area contributed by atoms with Gasteiger partial charge in [-0.15, -0.1) is 0 Å². The van der Waals surface area contributed by atoms with Crippen LogP contribution in [-0.4, -0.2) is 22.4 Å². The molecule has 29 heavy (non-hydrogen) atoms. The van der Waals surface area contributed by atoms with Crippen LogP contribution in [-0.2, 0) is 0 Å². The topological polar surface area (TPSA) is 40.5 Å². The molecule has 2 heteroatoms. The molecule has 0 aromatic carbocycles. The average Bonchev–Trinajstić information content (AvgIpc) is 3.03. The summed E-state index contributed by atoms with van der Waals surface area (Å²) in [6, 6.07) is 0. The Labute approximate surface area is 179 Å². The molecule has 0 aliphatic heterocycles. The highest BCUT2D eigenvalue weighted by Crippen LogP contribution is 2.67. The lowest BCUT2D eigenvalue weighted by molar-refractivity contribution is -0.0681. The van der Waals surface area contributed by atoms with E-state index < -0.39 is 0 Å². The van der Waals surface area contributed by atoms with Gasteiger partial charge in [-0.1, -0.05) is 46.3 Å². The summed E-state index contributed by atoms with van der Waals surface area (Å²) in [7, 11) is 0. The molecule has 4 rings (SSSR count). The average molecular weight is 403 g/mol. The predicted octanol–water partition coefficient (Wildman–Crippen LogP) is 6.36. The molecular formula is C27H46O2. The zero-order valence-corrected chi connectivity index (χ0v) is 19.7. The molecule has 2 N–H and O–H groups in total. The van der Waals surface area contributed by atoms with Gasteiger partial charge >= 0.3 is 0 Å². The van der Waals surface area contributed by atoms with Gasteiger partial charge in [0.15, 0.2) is 0 Å². The van der Waals surface area contributed by atoms with Gasteiger partial charge in [-0.3, -0.25) is 0 Å². The van der Waals surface area contributed by atoms with E-state index >= 15 is 0 Å². The highest BCUT2D eigenvalue weighted by Gasteiger charge is 2.59. The van der Waals surface area contributed by atoms with Crippen LogP contribution in [0.2, 0.25) is 0 Å². The van der Waals surface area contributed by atoms with Crippen LogP contribution in [0.25, 0.3) is 0 Å². The maximum absolute atomic E-state index is 11.0. The molecule has 0 bridgehead atoms. The van der Waals surface area contributed by atoms with E-state index in [0.717, 1.165) is 43.4 Å². The van der Waals surface area contributed by atoms with Gasteiger partial charge in [0, 0.05) is 0 Å². The number of allylic oxidation sites excluding steroid dienone is 1. The summed E-state index contributed by atoms with van der Waals surface area (Å²) in [5, 5.41) is 21.2. The van der Waals surface area contributed by atoms with Crippen LogP contribution >= 0.6 is 0 Å². The summed E-state index contributed by atoms with van der Waals surface area (Å²) < 4.78 is 0. The Kier molecular flexibility index (Phi) is 6.01. The second-order valence-corrected chi connectivity index (χ2v) is 12.3. The van der Waals surface area contributed by atoms with Crippen LogP contribution in [0.5, 0.6) is 0 Å². The molecule has 0 aromatic rings. The lowest BCUT2D eigenvalue weighted by Crippen LogP contribution is -2.51. The van der Waals surface area contributed by atoms with E-state index in [0.29, 0.717) is 28.6 Å². The van der Waals surface area contributed by atoms with E-state index in [2.05, 4.69) is 40.7 Å². The van der Waals surface area contributed by atoms with Gasteiger partial charge in [-0.05, 0) is 111 Å². The summed E-state index contributed by atoms with van der Waals surface area (Å²) in [5.41, 5.74) is 2.33. The first kappa shape index (κ1) is 21.9. The third-order valence-electron chi connectivity index (χ3n) is 10.4. The van der Waals surface area contributed by atoms with Crippen LogP contribution in [0.15, 0.2) is 11.6 Å². The maximum atomic E-state index is 11.0. The molecule has 4 aliphatic rings. The summed E-state index contributed by atoms with van der Waals surface area (Å²) in [4.78, 5) is 0. The molecule has 0 aromatic heterocycles. The van der Waals surface area contributed by atoms with E-state index in [4.69, 9.17) is 0 Å². The van der Waals surface area contributed by atoms with E-state index in [1.165, 1.54) is 38.5 Å². The third-order valence-corrected chi connectivity index (χ3v) is 10.4. The Bertz CT molecular complexity index is 624. The summed E-state index contributed by atoms with van der Waals surface area (Å²) in [6.45, 7) is 12.0. The molecule has 3 fully saturated rings. The third kappa shape index (κ3) is 3.65. The first-order chi connectivity index (χ1) is 13.7. The first-order valence-electron chi connectivity index (χ1n) is 12.7. The highest BCUT2D eigenvalue weighted by molar-refractivity contribution is 5.25. The molecule has 0 heterocycles.